The predicted molar refractivity (Wildman–Crippen MR) is 98.4 cm³/mol. The van der Waals surface area contributed by atoms with Gasteiger partial charge in [-0.1, -0.05) is 55.0 Å². The minimum Gasteiger partial charge on any atom is -0.508 e. The molecule has 0 amide bonds. The lowest BCUT2D eigenvalue weighted by molar-refractivity contribution is 0.278. The lowest BCUT2D eigenvalue weighted by atomic mass is 9.87. The van der Waals surface area contributed by atoms with Gasteiger partial charge in [-0.15, -0.1) is 0 Å². The molecule has 3 unspecified atom stereocenters. The highest BCUT2D eigenvalue weighted by molar-refractivity contribution is 5.43. The van der Waals surface area contributed by atoms with Gasteiger partial charge in [0.15, 0.2) is 0 Å². The lowest BCUT2D eigenvalue weighted by Crippen LogP contribution is -2.26. The van der Waals surface area contributed by atoms with E-state index in [4.69, 9.17) is 0 Å². The predicted octanol–water partition coefficient (Wildman–Crippen LogP) is 4.56. The fourth-order valence-electron chi connectivity index (χ4n) is 4.49. The molecule has 3 atom stereocenters. The molecule has 4 rings (SSSR count). The first-order chi connectivity index (χ1) is 11.5. The number of aromatic hydroxyl groups is 1. The van der Waals surface area contributed by atoms with Gasteiger partial charge < -0.3 is 10.0 Å². The molecule has 2 aliphatic rings. The molecule has 0 bridgehead atoms. The van der Waals surface area contributed by atoms with Crippen LogP contribution in [0.2, 0.25) is 0 Å². The van der Waals surface area contributed by atoms with Crippen molar-refractivity contribution in [2.45, 2.75) is 32.6 Å². The van der Waals surface area contributed by atoms with Crippen molar-refractivity contribution in [1.29, 1.82) is 0 Å². The minimum atomic E-state index is 0.260. The van der Waals surface area contributed by atoms with Gasteiger partial charge in [0.05, 0.1) is 0 Å². The van der Waals surface area contributed by atoms with Crippen molar-refractivity contribution in [2.75, 3.05) is 19.6 Å². The number of phenols is 1. The molecule has 0 aromatic heterocycles. The van der Waals surface area contributed by atoms with Crippen molar-refractivity contribution in [2.24, 2.45) is 11.3 Å². The molecule has 1 aliphatic carbocycles. The number of nitrogens with zero attached hydrogens (tertiary/aromatic N) is 1. The highest BCUT2D eigenvalue weighted by atomic mass is 16.3. The molecule has 2 fully saturated rings. The summed E-state index contributed by atoms with van der Waals surface area (Å²) in [6.07, 6.45) is 2.48. The average Bonchev–Trinajstić information content (AvgIpc) is 3.09. The van der Waals surface area contributed by atoms with Crippen LogP contribution in [-0.4, -0.2) is 29.6 Å². The van der Waals surface area contributed by atoms with Crippen LogP contribution in [0.1, 0.15) is 42.4 Å². The topological polar surface area (TPSA) is 23.5 Å². The zero-order chi connectivity index (χ0) is 16.7. The number of benzene rings is 2. The van der Waals surface area contributed by atoms with Gasteiger partial charge in [0.2, 0.25) is 0 Å². The second-order valence-corrected chi connectivity index (χ2v) is 8.10. The van der Waals surface area contributed by atoms with E-state index in [9.17, 15) is 5.11 Å². The number of piperidine rings is 1. The fraction of sp³-hybridized carbons (Fsp3) is 0.455. The number of likely N-dealkylation sites (tertiary alicyclic amines) is 1. The van der Waals surface area contributed by atoms with Crippen molar-refractivity contribution in [3.8, 4) is 5.75 Å². The first kappa shape index (κ1) is 15.7. The Bertz CT molecular complexity index is 726. The largest absolute Gasteiger partial charge is 0.508 e. The maximum absolute atomic E-state index is 10.4. The van der Waals surface area contributed by atoms with E-state index in [1.54, 1.807) is 0 Å². The maximum Gasteiger partial charge on any atom is 0.119 e. The van der Waals surface area contributed by atoms with Crippen LogP contribution < -0.4 is 0 Å². The molecule has 1 N–H and O–H groups in total. The smallest absolute Gasteiger partial charge is 0.119 e. The number of hydrogen-bond acceptors (Lipinski definition) is 2. The van der Waals surface area contributed by atoms with Gasteiger partial charge in [-0.3, -0.25) is 0 Å². The van der Waals surface area contributed by atoms with E-state index in [0.29, 0.717) is 11.2 Å². The molecular formula is C22H27NO. The van der Waals surface area contributed by atoms with E-state index in [1.807, 2.05) is 12.1 Å². The summed E-state index contributed by atoms with van der Waals surface area (Å²) in [6, 6.07) is 16.6. The Morgan fingerprint density at radius 3 is 2.71 bits per heavy atom. The third kappa shape index (κ3) is 2.95. The van der Waals surface area contributed by atoms with Gasteiger partial charge in [0.25, 0.3) is 0 Å². The van der Waals surface area contributed by atoms with E-state index in [2.05, 4.69) is 55.1 Å². The number of phenolic OH excluding ortho intramolecular Hbond substituents is 1. The van der Waals surface area contributed by atoms with Crippen LogP contribution in [0.25, 0.3) is 0 Å². The average molecular weight is 321 g/mol. The van der Waals surface area contributed by atoms with Crippen LogP contribution in [0.15, 0.2) is 48.5 Å². The molecule has 1 aliphatic heterocycles. The summed E-state index contributed by atoms with van der Waals surface area (Å²) in [4.78, 5) is 2.62. The number of aryl methyl sites for hydroxylation is 1. The minimum absolute atomic E-state index is 0.260. The molecule has 2 heteroatoms. The zero-order valence-corrected chi connectivity index (χ0v) is 14.7. The summed E-state index contributed by atoms with van der Waals surface area (Å²) < 4.78 is 0. The van der Waals surface area contributed by atoms with Crippen LogP contribution in [0.3, 0.4) is 0 Å². The number of fused-ring (bicyclic) bond motifs is 1. The second kappa shape index (κ2) is 5.93. The monoisotopic (exact) mass is 321 g/mol. The summed E-state index contributed by atoms with van der Waals surface area (Å²) in [5, 5.41) is 10.4. The van der Waals surface area contributed by atoms with E-state index < -0.39 is 0 Å². The summed E-state index contributed by atoms with van der Waals surface area (Å²) >= 11 is 0. The van der Waals surface area contributed by atoms with Crippen LogP contribution in [-0.2, 0) is 0 Å². The normalized spacial score (nSPS) is 27.0. The number of rotatable bonds is 5. The summed E-state index contributed by atoms with van der Waals surface area (Å²) in [5.74, 6) is 1.61. The Morgan fingerprint density at radius 2 is 2.00 bits per heavy atom. The van der Waals surface area contributed by atoms with E-state index >= 15 is 0 Å². The van der Waals surface area contributed by atoms with Gasteiger partial charge in [-0.25, -0.2) is 0 Å². The third-order valence-electron chi connectivity index (χ3n) is 6.10. The zero-order valence-electron chi connectivity index (χ0n) is 14.7. The van der Waals surface area contributed by atoms with Gasteiger partial charge >= 0.3 is 0 Å². The molecule has 0 spiro atoms. The maximum atomic E-state index is 10.4. The Hall–Kier alpha value is -1.80. The van der Waals surface area contributed by atoms with Crippen molar-refractivity contribution >= 4 is 0 Å². The molecule has 2 nitrogen and oxygen atoms in total. The van der Waals surface area contributed by atoms with Gasteiger partial charge in [0.1, 0.15) is 5.75 Å². The highest BCUT2D eigenvalue weighted by Gasteiger charge is 2.55. The molecule has 24 heavy (non-hydrogen) atoms. The molecule has 2 aromatic rings. The molecule has 1 saturated carbocycles. The van der Waals surface area contributed by atoms with Crippen molar-refractivity contribution in [3.63, 3.8) is 0 Å². The highest BCUT2D eigenvalue weighted by Crippen LogP contribution is 2.57. The quantitative estimate of drug-likeness (QED) is 0.872. The molecule has 2 aromatic carbocycles. The van der Waals surface area contributed by atoms with E-state index in [1.165, 1.54) is 30.6 Å². The van der Waals surface area contributed by atoms with Gasteiger partial charge in [-0.2, -0.15) is 0 Å². The lowest BCUT2D eigenvalue weighted by Gasteiger charge is -2.24. The molecule has 126 valence electrons. The van der Waals surface area contributed by atoms with Crippen molar-refractivity contribution in [1.82, 2.24) is 4.90 Å². The van der Waals surface area contributed by atoms with Crippen LogP contribution in [0.5, 0.6) is 5.75 Å². The van der Waals surface area contributed by atoms with E-state index in [0.717, 1.165) is 24.4 Å². The standard InChI is InChI=1S/C22H27NO/c1-16-8-9-21(24)20(12-16)19(17-6-4-3-5-7-17)10-11-23-14-18-13-22(18,2)15-23/h3-9,12,18-19,24H,10-11,13-15H2,1-2H3. The van der Waals surface area contributed by atoms with Crippen LogP contribution >= 0.6 is 0 Å². The fourth-order valence-corrected chi connectivity index (χ4v) is 4.49. The van der Waals surface area contributed by atoms with Crippen molar-refractivity contribution in [3.05, 3.63) is 65.2 Å². The van der Waals surface area contributed by atoms with E-state index in [-0.39, 0.29) is 5.92 Å². The Balaban J connectivity index is 1.56. The Morgan fingerprint density at radius 1 is 1.21 bits per heavy atom. The second-order valence-electron chi connectivity index (χ2n) is 8.10. The van der Waals surface area contributed by atoms with Crippen LogP contribution in [0, 0.1) is 18.3 Å². The first-order valence-electron chi connectivity index (χ1n) is 9.12. The van der Waals surface area contributed by atoms with Gasteiger partial charge in [0, 0.05) is 24.6 Å². The molecule has 1 saturated heterocycles. The third-order valence-corrected chi connectivity index (χ3v) is 6.10. The summed E-state index contributed by atoms with van der Waals surface area (Å²) in [5.41, 5.74) is 4.18. The molecule has 0 radical (unpaired) electrons. The van der Waals surface area contributed by atoms with Gasteiger partial charge in [-0.05, 0) is 49.3 Å². The molecule has 1 heterocycles. The number of hydrogen-bond donors (Lipinski definition) is 1. The summed E-state index contributed by atoms with van der Waals surface area (Å²) in [6.45, 7) is 8.15. The van der Waals surface area contributed by atoms with Crippen molar-refractivity contribution < 1.29 is 5.11 Å². The Kier molecular flexibility index (Phi) is 3.88. The first-order valence-corrected chi connectivity index (χ1v) is 9.12. The summed E-state index contributed by atoms with van der Waals surface area (Å²) in [7, 11) is 0. The SMILES string of the molecule is Cc1ccc(O)c(C(CCN2CC3CC3(C)C2)c2ccccc2)c1. The van der Waals surface area contributed by atoms with Crippen LogP contribution in [0.4, 0.5) is 0 Å². The molecular weight excluding hydrogens is 294 g/mol. The Labute approximate surface area is 145 Å².